The molecule has 0 aromatic rings. The van der Waals surface area contributed by atoms with Crippen molar-refractivity contribution in [1.29, 1.82) is 0 Å². The van der Waals surface area contributed by atoms with Crippen molar-refractivity contribution >= 4 is 31.9 Å². The van der Waals surface area contributed by atoms with E-state index in [1.165, 1.54) is 5.01 Å². The van der Waals surface area contributed by atoms with Gasteiger partial charge in [0.15, 0.2) is 0 Å². The molecule has 0 saturated carbocycles. The number of hydrogen-bond donors (Lipinski definition) is 2. The fourth-order valence-corrected chi connectivity index (χ4v) is 0.729. The molecular formula is C5H9Br2N3. The van der Waals surface area contributed by atoms with Gasteiger partial charge in [-0.05, 0) is 31.9 Å². The van der Waals surface area contributed by atoms with E-state index in [2.05, 4.69) is 38.4 Å². The molecule has 0 fully saturated rings. The number of halogens is 2. The van der Waals surface area contributed by atoms with Crippen LogP contribution in [-0.4, -0.2) is 11.6 Å². The largest absolute Gasteiger partial charge is 0.391 e. The minimum atomic E-state index is 0.469. The average Bonchev–Trinajstić information content (AvgIpc) is 1.87. The molecule has 0 spiro atoms. The average molecular weight is 271 g/mol. The summed E-state index contributed by atoms with van der Waals surface area (Å²) >= 11 is 6.23. The fourth-order valence-electron chi connectivity index (χ4n) is 0.356. The Balaban J connectivity index is 4.06. The van der Waals surface area contributed by atoms with Crippen molar-refractivity contribution in [2.45, 2.75) is 0 Å². The summed E-state index contributed by atoms with van der Waals surface area (Å²) in [7, 11) is 0. The molecule has 0 amide bonds. The highest BCUT2D eigenvalue weighted by Crippen LogP contribution is 2.14. The van der Waals surface area contributed by atoms with Gasteiger partial charge in [0.2, 0.25) is 0 Å². The van der Waals surface area contributed by atoms with E-state index < -0.39 is 0 Å². The molecule has 0 rings (SSSR count). The second kappa shape index (κ2) is 4.76. The summed E-state index contributed by atoms with van der Waals surface area (Å²) in [5, 5.41) is 1.43. The molecule has 0 unspecified atom stereocenters. The highest BCUT2D eigenvalue weighted by molar-refractivity contribution is 9.14. The maximum absolute atomic E-state index is 5.48. The fraction of sp³-hybridized carbons (Fsp3) is 0.200. The third kappa shape index (κ3) is 3.24. The van der Waals surface area contributed by atoms with Gasteiger partial charge in [0.25, 0.3) is 0 Å². The maximum Gasteiger partial charge on any atom is 0.125 e. The molecule has 58 valence electrons. The molecule has 0 saturated heterocycles. The first-order chi connectivity index (χ1) is 4.59. The highest BCUT2D eigenvalue weighted by atomic mass is 79.9. The number of nitrogens with two attached hydrogens (primary N) is 2. The van der Waals surface area contributed by atoms with Gasteiger partial charge in [-0.25, -0.2) is 5.84 Å². The van der Waals surface area contributed by atoms with Crippen LogP contribution >= 0.6 is 31.9 Å². The smallest absolute Gasteiger partial charge is 0.125 e. The number of nitrogens with zero attached hydrogens (tertiary/aromatic N) is 1. The maximum atomic E-state index is 5.48. The summed E-state index contributed by atoms with van der Waals surface area (Å²) in [6, 6.07) is 0. The van der Waals surface area contributed by atoms with Crippen LogP contribution in [0.2, 0.25) is 0 Å². The van der Waals surface area contributed by atoms with E-state index in [1.54, 1.807) is 6.08 Å². The standard InChI is InChI=1S/C5H9Br2N3/c1-2-3-10(9)5(7)4(6)8/h2H,1,3,8-9H2/b5-4-. The van der Waals surface area contributed by atoms with E-state index in [0.29, 0.717) is 15.8 Å². The van der Waals surface area contributed by atoms with Crippen LogP contribution < -0.4 is 11.6 Å². The van der Waals surface area contributed by atoms with Gasteiger partial charge in [0.05, 0.1) is 6.54 Å². The lowest BCUT2D eigenvalue weighted by Gasteiger charge is -2.15. The lowest BCUT2D eigenvalue weighted by Crippen LogP contribution is -2.29. The van der Waals surface area contributed by atoms with Gasteiger partial charge in [0, 0.05) is 0 Å². The SMILES string of the molecule is C=CCN(N)/C(Br)=C(\N)Br. The summed E-state index contributed by atoms with van der Waals surface area (Å²) in [6.07, 6.45) is 1.68. The van der Waals surface area contributed by atoms with Crippen molar-refractivity contribution in [3.05, 3.63) is 21.9 Å². The first-order valence-electron chi connectivity index (χ1n) is 2.53. The van der Waals surface area contributed by atoms with Gasteiger partial charge >= 0.3 is 0 Å². The third-order valence-corrected chi connectivity index (χ3v) is 2.57. The molecule has 0 aliphatic heterocycles. The van der Waals surface area contributed by atoms with E-state index in [1.807, 2.05) is 0 Å². The second-order valence-corrected chi connectivity index (χ2v) is 3.19. The van der Waals surface area contributed by atoms with Crippen LogP contribution in [0.3, 0.4) is 0 Å². The lowest BCUT2D eigenvalue weighted by molar-refractivity contribution is 0.428. The van der Waals surface area contributed by atoms with E-state index in [0.717, 1.165) is 0 Å². The molecule has 4 N–H and O–H groups in total. The van der Waals surface area contributed by atoms with E-state index >= 15 is 0 Å². The Kier molecular flexibility index (Phi) is 4.76. The molecule has 0 aromatic heterocycles. The molecule has 0 bridgehead atoms. The first-order valence-corrected chi connectivity index (χ1v) is 4.12. The Labute approximate surface area is 77.0 Å². The van der Waals surface area contributed by atoms with Crippen LogP contribution in [0.25, 0.3) is 0 Å². The Hall–Kier alpha value is -0.0000000000000000555. The van der Waals surface area contributed by atoms with E-state index in [9.17, 15) is 0 Å². The lowest BCUT2D eigenvalue weighted by atomic mass is 10.6. The predicted octanol–water partition coefficient (Wildman–Crippen LogP) is 1.22. The third-order valence-electron chi connectivity index (χ3n) is 0.775. The number of hydrogen-bond acceptors (Lipinski definition) is 3. The van der Waals surface area contributed by atoms with E-state index in [-0.39, 0.29) is 0 Å². The summed E-state index contributed by atoms with van der Waals surface area (Å²) < 4.78 is 1.09. The van der Waals surface area contributed by atoms with Crippen molar-refractivity contribution in [3.63, 3.8) is 0 Å². The van der Waals surface area contributed by atoms with Crippen LogP contribution in [0.15, 0.2) is 21.9 Å². The zero-order valence-corrected chi connectivity index (χ0v) is 8.52. The Bertz CT molecular complexity index is 151. The summed E-state index contributed by atoms with van der Waals surface area (Å²) in [6.45, 7) is 4.07. The monoisotopic (exact) mass is 269 g/mol. The van der Waals surface area contributed by atoms with Gasteiger partial charge < -0.3 is 5.73 Å². The molecular weight excluding hydrogens is 262 g/mol. The van der Waals surface area contributed by atoms with Crippen LogP contribution in [0.4, 0.5) is 0 Å². The van der Waals surface area contributed by atoms with Crippen molar-refractivity contribution in [2.75, 3.05) is 6.54 Å². The Morgan fingerprint density at radius 3 is 2.40 bits per heavy atom. The zero-order chi connectivity index (χ0) is 8.15. The minimum Gasteiger partial charge on any atom is -0.391 e. The highest BCUT2D eigenvalue weighted by Gasteiger charge is 2.01. The van der Waals surface area contributed by atoms with Gasteiger partial charge in [-0.1, -0.05) is 6.08 Å². The van der Waals surface area contributed by atoms with Crippen molar-refractivity contribution in [3.8, 4) is 0 Å². The Morgan fingerprint density at radius 2 is 2.10 bits per heavy atom. The summed E-state index contributed by atoms with van der Waals surface area (Å²) in [5.41, 5.74) is 5.36. The predicted molar refractivity (Wildman–Crippen MR) is 50.2 cm³/mol. The number of rotatable bonds is 3. The van der Waals surface area contributed by atoms with Gasteiger partial charge in [-0.2, -0.15) is 0 Å². The zero-order valence-electron chi connectivity index (χ0n) is 5.35. The molecule has 10 heavy (non-hydrogen) atoms. The molecule has 0 atom stereocenters. The first kappa shape index (κ1) is 10.0. The summed E-state index contributed by atoms with van der Waals surface area (Å²) in [5.74, 6) is 5.48. The second-order valence-electron chi connectivity index (χ2n) is 1.58. The van der Waals surface area contributed by atoms with Gasteiger partial charge in [0.1, 0.15) is 9.21 Å². The van der Waals surface area contributed by atoms with Crippen LogP contribution in [0.1, 0.15) is 0 Å². The van der Waals surface area contributed by atoms with Crippen LogP contribution in [0, 0.1) is 0 Å². The Morgan fingerprint density at radius 1 is 1.60 bits per heavy atom. The van der Waals surface area contributed by atoms with Gasteiger partial charge in [-0.15, -0.1) is 6.58 Å². The molecule has 0 aliphatic carbocycles. The minimum absolute atomic E-state index is 0.469. The van der Waals surface area contributed by atoms with E-state index in [4.69, 9.17) is 11.6 Å². The molecule has 0 radical (unpaired) electrons. The molecule has 0 heterocycles. The summed E-state index contributed by atoms with van der Waals surface area (Å²) in [4.78, 5) is 0. The van der Waals surface area contributed by atoms with Gasteiger partial charge in [-0.3, -0.25) is 5.01 Å². The van der Waals surface area contributed by atoms with Crippen LogP contribution in [0.5, 0.6) is 0 Å². The topological polar surface area (TPSA) is 55.3 Å². The normalized spacial score (nSPS) is 12.3. The van der Waals surface area contributed by atoms with Crippen molar-refractivity contribution in [2.24, 2.45) is 11.6 Å². The molecule has 0 aromatic carbocycles. The molecule has 0 aliphatic rings. The van der Waals surface area contributed by atoms with Crippen molar-refractivity contribution < 1.29 is 0 Å². The van der Waals surface area contributed by atoms with Crippen LogP contribution in [-0.2, 0) is 0 Å². The quantitative estimate of drug-likeness (QED) is 0.351. The number of hydrazine groups is 1. The molecule has 5 heteroatoms. The van der Waals surface area contributed by atoms with Crippen molar-refractivity contribution in [1.82, 2.24) is 5.01 Å². The molecule has 3 nitrogen and oxygen atoms in total.